The van der Waals surface area contributed by atoms with Crippen LogP contribution < -0.4 is 0 Å². The summed E-state index contributed by atoms with van der Waals surface area (Å²) < 4.78 is 11.2. The molecular formula is C21H26N2O3. The van der Waals surface area contributed by atoms with Gasteiger partial charge in [0, 0.05) is 23.7 Å². The predicted octanol–water partition coefficient (Wildman–Crippen LogP) is 4.04. The molecule has 0 unspecified atom stereocenters. The maximum atomic E-state index is 12.6. The summed E-state index contributed by atoms with van der Waals surface area (Å²) in [6.45, 7) is 6.48. The lowest BCUT2D eigenvalue weighted by atomic mass is 9.89. The SMILES string of the molecule is CC(C)(C)OC(=O)[C@@H]1C[C@H]2CC[C@H]1N2Cc1cc(-c2ccccc2)no1. The zero-order valence-electron chi connectivity index (χ0n) is 15.6. The van der Waals surface area contributed by atoms with Crippen molar-refractivity contribution in [2.75, 3.05) is 0 Å². The van der Waals surface area contributed by atoms with Crippen LogP contribution in [0.2, 0.25) is 0 Å². The monoisotopic (exact) mass is 354 g/mol. The second-order valence-electron chi connectivity index (χ2n) is 8.39. The second-order valence-corrected chi connectivity index (χ2v) is 8.39. The van der Waals surface area contributed by atoms with Gasteiger partial charge in [0.2, 0.25) is 0 Å². The number of fused-ring (bicyclic) bond motifs is 2. The average Bonchev–Trinajstić information content (AvgIpc) is 3.30. The molecule has 26 heavy (non-hydrogen) atoms. The number of hydrogen-bond acceptors (Lipinski definition) is 5. The number of nitrogens with zero attached hydrogens (tertiary/aromatic N) is 2. The van der Waals surface area contributed by atoms with E-state index >= 15 is 0 Å². The van der Waals surface area contributed by atoms with Crippen LogP contribution in [0.15, 0.2) is 40.9 Å². The minimum Gasteiger partial charge on any atom is -0.460 e. The van der Waals surface area contributed by atoms with Crippen molar-refractivity contribution in [1.82, 2.24) is 10.1 Å². The maximum absolute atomic E-state index is 12.6. The average molecular weight is 354 g/mol. The van der Waals surface area contributed by atoms with Crippen LogP contribution in [0.3, 0.4) is 0 Å². The summed E-state index contributed by atoms with van der Waals surface area (Å²) in [5.74, 6) is 0.771. The Morgan fingerprint density at radius 3 is 2.77 bits per heavy atom. The number of carbonyl (C=O) groups is 1. The van der Waals surface area contributed by atoms with Gasteiger partial charge >= 0.3 is 5.97 Å². The predicted molar refractivity (Wildman–Crippen MR) is 98.2 cm³/mol. The van der Waals surface area contributed by atoms with Crippen LogP contribution in [0.1, 0.15) is 45.8 Å². The van der Waals surface area contributed by atoms with E-state index in [1.54, 1.807) is 0 Å². The summed E-state index contributed by atoms with van der Waals surface area (Å²) in [7, 11) is 0. The first kappa shape index (κ1) is 17.3. The molecule has 2 aliphatic rings. The molecule has 5 heteroatoms. The molecule has 0 amide bonds. The van der Waals surface area contributed by atoms with E-state index in [-0.39, 0.29) is 17.9 Å². The highest BCUT2D eigenvalue weighted by atomic mass is 16.6. The number of benzene rings is 1. The molecule has 0 spiro atoms. The molecule has 2 saturated heterocycles. The third-order valence-electron chi connectivity index (χ3n) is 5.36. The molecule has 3 atom stereocenters. The van der Waals surface area contributed by atoms with E-state index in [1.165, 1.54) is 0 Å². The molecular weight excluding hydrogens is 328 g/mol. The Morgan fingerprint density at radius 2 is 2.04 bits per heavy atom. The zero-order chi connectivity index (χ0) is 18.3. The van der Waals surface area contributed by atoms with Gasteiger partial charge in [-0.3, -0.25) is 9.69 Å². The van der Waals surface area contributed by atoms with E-state index in [4.69, 9.17) is 9.26 Å². The highest BCUT2D eigenvalue weighted by Crippen LogP contribution is 2.43. The lowest BCUT2D eigenvalue weighted by Gasteiger charge is -2.26. The fraction of sp³-hybridized carbons (Fsp3) is 0.524. The molecule has 2 aromatic rings. The Labute approximate surface area is 154 Å². The van der Waals surface area contributed by atoms with Gasteiger partial charge in [0.15, 0.2) is 5.76 Å². The third kappa shape index (κ3) is 3.40. The first-order valence-corrected chi connectivity index (χ1v) is 9.40. The molecule has 0 aliphatic carbocycles. The minimum atomic E-state index is -0.431. The van der Waals surface area contributed by atoms with Crippen LogP contribution in [0.5, 0.6) is 0 Å². The Morgan fingerprint density at radius 1 is 1.27 bits per heavy atom. The fourth-order valence-electron chi connectivity index (χ4n) is 4.29. The zero-order valence-corrected chi connectivity index (χ0v) is 15.6. The van der Waals surface area contributed by atoms with Crippen LogP contribution in [-0.4, -0.2) is 33.7 Å². The van der Waals surface area contributed by atoms with Crippen molar-refractivity contribution in [3.05, 3.63) is 42.2 Å². The summed E-state index contributed by atoms with van der Waals surface area (Å²) in [6.07, 6.45) is 3.08. The highest BCUT2D eigenvalue weighted by molar-refractivity contribution is 5.74. The Bertz CT molecular complexity index is 778. The molecule has 0 N–H and O–H groups in total. The number of ether oxygens (including phenoxy) is 1. The molecule has 1 aromatic heterocycles. The Hall–Kier alpha value is -2.14. The van der Waals surface area contributed by atoms with Crippen LogP contribution in [0, 0.1) is 5.92 Å². The summed E-state index contributed by atoms with van der Waals surface area (Å²) in [4.78, 5) is 15.0. The van der Waals surface area contributed by atoms with Crippen molar-refractivity contribution in [3.63, 3.8) is 0 Å². The van der Waals surface area contributed by atoms with Crippen molar-refractivity contribution >= 4 is 5.97 Å². The van der Waals surface area contributed by atoms with E-state index < -0.39 is 5.60 Å². The maximum Gasteiger partial charge on any atom is 0.311 e. The molecule has 2 fully saturated rings. The Balaban J connectivity index is 1.45. The number of aromatic nitrogens is 1. The van der Waals surface area contributed by atoms with Gasteiger partial charge in [0.25, 0.3) is 0 Å². The van der Waals surface area contributed by atoms with Gasteiger partial charge in [-0.15, -0.1) is 0 Å². The lowest BCUT2D eigenvalue weighted by molar-refractivity contribution is -0.161. The molecule has 2 bridgehead atoms. The number of esters is 1. The van der Waals surface area contributed by atoms with Crippen molar-refractivity contribution in [2.45, 2.75) is 64.3 Å². The summed E-state index contributed by atoms with van der Waals surface area (Å²) >= 11 is 0. The first-order chi connectivity index (χ1) is 12.4. The summed E-state index contributed by atoms with van der Waals surface area (Å²) in [5.41, 5.74) is 1.48. The topological polar surface area (TPSA) is 55.6 Å². The van der Waals surface area contributed by atoms with Crippen LogP contribution in [0.4, 0.5) is 0 Å². The third-order valence-corrected chi connectivity index (χ3v) is 5.36. The van der Waals surface area contributed by atoms with Crippen LogP contribution in [-0.2, 0) is 16.1 Å². The highest BCUT2D eigenvalue weighted by Gasteiger charge is 2.50. The van der Waals surface area contributed by atoms with Gasteiger partial charge in [0.05, 0.1) is 12.5 Å². The van der Waals surface area contributed by atoms with Gasteiger partial charge < -0.3 is 9.26 Å². The summed E-state index contributed by atoms with van der Waals surface area (Å²) in [5, 5.41) is 4.21. The van der Waals surface area contributed by atoms with E-state index in [0.29, 0.717) is 12.6 Å². The molecule has 2 aliphatic heterocycles. The van der Waals surface area contributed by atoms with Crippen LogP contribution >= 0.6 is 0 Å². The lowest BCUT2D eigenvalue weighted by Crippen LogP contribution is -2.36. The fourth-order valence-corrected chi connectivity index (χ4v) is 4.29. The second kappa shape index (κ2) is 6.54. The first-order valence-electron chi connectivity index (χ1n) is 9.40. The smallest absolute Gasteiger partial charge is 0.311 e. The van der Waals surface area contributed by atoms with Crippen molar-refractivity contribution < 1.29 is 14.1 Å². The largest absolute Gasteiger partial charge is 0.460 e. The normalized spacial score (nSPS) is 25.6. The standard InChI is InChI=1S/C21H26N2O3/c1-21(2,3)25-20(24)17-11-15-9-10-19(17)23(15)13-16-12-18(22-26-16)14-7-5-4-6-8-14/h4-8,12,15,17,19H,9-11,13H2,1-3H3/t15-,17-,19-/m1/s1. The Kier molecular flexibility index (Phi) is 4.35. The summed E-state index contributed by atoms with van der Waals surface area (Å²) in [6, 6.07) is 12.7. The minimum absolute atomic E-state index is 0.0236. The van der Waals surface area contributed by atoms with Gasteiger partial charge in [-0.25, -0.2) is 0 Å². The molecule has 4 rings (SSSR count). The van der Waals surface area contributed by atoms with Crippen molar-refractivity contribution in [3.8, 4) is 11.3 Å². The molecule has 1 aromatic carbocycles. The van der Waals surface area contributed by atoms with E-state index in [9.17, 15) is 4.79 Å². The van der Waals surface area contributed by atoms with Crippen molar-refractivity contribution in [2.24, 2.45) is 5.92 Å². The van der Waals surface area contributed by atoms with Crippen LogP contribution in [0.25, 0.3) is 11.3 Å². The van der Waals surface area contributed by atoms with Gasteiger partial charge in [-0.2, -0.15) is 0 Å². The van der Waals surface area contributed by atoms with Gasteiger partial charge in [-0.1, -0.05) is 35.5 Å². The van der Waals surface area contributed by atoms with E-state index in [2.05, 4.69) is 10.1 Å². The molecule has 0 saturated carbocycles. The molecule has 0 radical (unpaired) electrons. The van der Waals surface area contributed by atoms with Gasteiger partial charge in [-0.05, 0) is 40.0 Å². The van der Waals surface area contributed by atoms with E-state index in [0.717, 1.165) is 36.3 Å². The molecule has 138 valence electrons. The molecule has 5 nitrogen and oxygen atoms in total. The molecule has 3 heterocycles. The van der Waals surface area contributed by atoms with E-state index in [1.807, 2.05) is 57.2 Å². The number of rotatable bonds is 4. The number of carbonyl (C=O) groups excluding carboxylic acids is 1. The quantitative estimate of drug-likeness (QED) is 0.776. The number of hydrogen-bond donors (Lipinski definition) is 0. The van der Waals surface area contributed by atoms with Crippen molar-refractivity contribution in [1.29, 1.82) is 0 Å². The van der Waals surface area contributed by atoms with Gasteiger partial charge in [0.1, 0.15) is 11.3 Å².